The molecule has 0 fully saturated rings. The maximum absolute atomic E-state index is 5.46. The summed E-state index contributed by atoms with van der Waals surface area (Å²) >= 11 is 0. The zero-order chi connectivity index (χ0) is 10.8. The molecule has 0 aliphatic rings. The average molecular weight is 200 g/mol. The van der Waals surface area contributed by atoms with E-state index in [9.17, 15) is 0 Å². The summed E-state index contributed by atoms with van der Waals surface area (Å²) in [6.45, 7) is 10.1. The second kappa shape index (κ2) is 9.47. The van der Waals surface area contributed by atoms with Crippen LogP contribution in [0.4, 0.5) is 0 Å². The van der Waals surface area contributed by atoms with Gasteiger partial charge in [-0.2, -0.15) is 0 Å². The summed E-state index contributed by atoms with van der Waals surface area (Å²) in [6.07, 6.45) is 6.42. The van der Waals surface area contributed by atoms with Crippen LogP contribution in [0.3, 0.4) is 0 Å². The van der Waals surface area contributed by atoms with Crippen molar-refractivity contribution in [2.24, 2.45) is 5.73 Å². The average Bonchev–Trinajstić information content (AvgIpc) is 2.22. The van der Waals surface area contributed by atoms with Crippen LogP contribution in [0.5, 0.6) is 0 Å². The highest BCUT2D eigenvalue weighted by atomic mass is 15.1. The maximum Gasteiger partial charge on any atom is 0.00641 e. The zero-order valence-corrected chi connectivity index (χ0v) is 10.3. The largest absolute Gasteiger partial charge is 0.330 e. The van der Waals surface area contributed by atoms with Crippen LogP contribution >= 0.6 is 0 Å². The number of rotatable bonds is 9. The van der Waals surface area contributed by atoms with E-state index in [0.29, 0.717) is 0 Å². The van der Waals surface area contributed by atoms with E-state index >= 15 is 0 Å². The number of hydrogen-bond donors (Lipinski definition) is 1. The van der Waals surface area contributed by atoms with Crippen LogP contribution in [-0.4, -0.2) is 30.6 Å². The first kappa shape index (κ1) is 13.9. The second-order valence-electron chi connectivity index (χ2n) is 4.09. The highest BCUT2D eigenvalue weighted by Gasteiger charge is 2.08. The summed E-state index contributed by atoms with van der Waals surface area (Å²) in [4.78, 5) is 2.57. The van der Waals surface area contributed by atoms with E-state index < -0.39 is 0 Å². The molecule has 0 aromatic heterocycles. The standard InChI is InChI=1S/C12H28N2/c1-4-12(3)14(5-2)11-9-7-6-8-10-13/h12H,4-11,13H2,1-3H3. The van der Waals surface area contributed by atoms with Crippen molar-refractivity contribution in [3.63, 3.8) is 0 Å². The summed E-state index contributed by atoms with van der Waals surface area (Å²) in [5.74, 6) is 0. The molecule has 0 aliphatic heterocycles. The van der Waals surface area contributed by atoms with Crippen molar-refractivity contribution in [2.45, 2.75) is 58.9 Å². The minimum absolute atomic E-state index is 0.745. The Hall–Kier alpha value is -0.0800. The second-order valence-corrected chi connectivity index (χ2v) is 4.09. The lowest BCUT2D eigenvalue weighted by atomic mass is 10.1. The molecule has 0 aromatic rings. The van der Waals surface area contributed by atoms with Gasteiger partial charge in [-0.1, -0.05) is 26.7 Å². The van der Waals surface area contributed by atoms with Crippen molar-refractivity contribution in [1.82, 2.24) is 4.90 Å². The number of nitrogens with zero attached hydrogens (tertiary/aromatic N) is 1. The zero-order valence-electron chi connectivity index (χ0n) is 10.3. The molecule has 0 bridgehead atoms. The Morgan fingerprint density at radius 3 is 2.21 bits per heavy atom. The molecule has 0 amide bonds. The van der Waals surface area contributed by atoms with Crippen LogP contribution in [0.25, 0.3) is 0 Å². The monoisotopic (exact) mass is 200 g/mol. The van der Waals surface area contributed by atoms with Gasteiger partial charge < -0.3 is 10.6 Å². The number of unbranched alkanes of at least 4 members (excludes halogenated alkanes) is 3. The first-order valence-electron chi connectivity index (χ1n) is 6.20. The highest BCUT2D eigenvalue weighted by molar-refractivity contribution is 4.63. The van der Waals surface area contributed by atoms with Gasteiger partial charge in [-0.3, -0.25) is 0 Å². The van der Waals surface area contributed by atoms with Crippen LogP contribution < -0.4 is 5.73 Å². The van der Waals surface area contributed by atoms with Gasteiger partial charge in [-0.15, -0.1) is 0 Å². The predicted octanol–water partition coefficient (Wildman–Crippen LogP) is 2.63. The third-order valence-electron chi connectivity index (χ3n) is 3.02. The van der Waals surface area contributed by atoms with Crippen LogP contribution in [-0.2, 0) is 0 Å². The Labute approximate surface area is 89.9 Å². The Kier molecular flexibility index (Phi) is 9.42. The molecular weight excluding hydrogens is 172 g/mol. The number of nitrogens with two attached hydrogens (primary N) is 1. The van der Waals surface area contributed by atoms with E-state index in [1.54, 1.807) is 0 Å². The first-order valence-corrected chi connectivity index (χ1v) is 6.20. The molecule has 2 N–H and O–H groups in total. The van der Waals surface area contributed by atoms with Crippen molar-refractivity contribution in [2.75, 3.05) is 19.6 Å². The van der Waals surface area contributed by atoms with Crippen molar-refractivity contribution in [3.05, 3.63) is 0 Å². The molecule has 0 aromatic carbocycles. The molecule has 2 heteroatoms. The molecule has 2 nitrogen and oxygen atoms in total. The van der Waals surface area contributed by atoms with Gasteiger partial charge in [0, 0.05) is 6.04 Å². The molecule has 0 aliphatic carbocycles. The summed E-state index contributed by atoms with van der Waals surface area (Å²) in [6, 6.07) is 0.745. The van der Waals surface area contributed by atoms with E-state index in [1.807, 2.05) is 0 Å². The molecule has 14 heavy (non-hydrogen) atoms. The lowest BCUT2D eigenvalue weighted by Crippen LogP contribution is -2.33. The van der Waals surface area contributed by atoms with Gasteiger partial charge in [0.05, 0.1) is 0 Å². The SMILES string of the molecule is CCC(C)N(CC)CCCCCCN. The molecule has 1 atom stereocenters. The van der Waals surface area contributed by atoms with Gasteiger partial charge >= 0.3 is 0 Å². The van der Waals surface area contributed by atoms with Gasteiger partial charge in [-0.25, -0.2) is 0 Å². The normalized spacial score (nSPS) is 13.5. The van der Waals surface area contributed by atoms with Gasteiger partial charge in [0.2, 0.25) is 0 Å². The van der Waals surface area contributed by atoms with Gasteiger partial charge in [-0.05, 0) is 45.8 Å². The van der Waals surface area contributed by atoms with Gasteiger partial charge in [0.25, 0.3) is 0 Å². The van der Waals surface area contributed by atoms with Crippen molar-refractivity contribution < 1.29 is 0 Å². The smallest absolute Gasteiger partial charge is 0.00641 e. The van der Waals surface area contributed by atoms with Crippen LogP contribution in [0.2, 0.25) is 0 Å². The van der Waals surface area contributed by atoms with E-state index in [0.717, 1.165) is 12.6 Å². The molecular formula is C12H28N2. The van der Waals surface area contributed by atoms with E-state index in [-0.39, 0.29) is 0 Å². The minimum Gasteiger partial charge on any atom is -0.330 e. The van der Waals surface area contributed by atoms with E-state index in [2.05, 4.69) is 25.7 Å². The molecule has 0 radical (unpaired) electrons. The first-order chi connectivity index (χ1) is 6.76. The molecule has 0 saturated heterocycles. The molecule has 0 spiro atoms. The van der Waals surface area contributed by atoms with Crippen molar-refractivity contribution in [1.29, 1.82) is 0 Å². The molecule has 86 valence electrons. The Bertz CT molecular complexity index is 115. The summed E-state index contributed by atoms with van der Waals surface area (Å²) in [5, 5.41) is 0. The maximum atomic E-state index is 5.46. The number of hydrogen-bond acceptors (Lipinski definition) is 2. The van der Waals surface area contributed by atoms with Gasteiger partial charge in [0.1, 0.15) is 0 Å². The van der Waals surface area contributed by atoms with Crippen molar-refractivity contribution in [3.8, 4) is 0 Å². The third kappa shape index (κ3) is 6.39. The van der Waals surface area contributed by atoms with E-state index in [1.165, 1.54) is 45.2 Å². The quantitative estimate of drug-likeness (QED) is 0.580. The Morgan fingerprint density at radius 2 is 1.71 bits per heavy atom. The fourth-order valence-corrected chi connectivity index (χ4v) is 1.76. The van der Waals surface area contributed by atoms with Gasteiger partial charge in [0.15, 0.2) is 0 Å². The van der Waals surface area contributed by atoms with Crippen LogP contribution in [0.15, 0.2) is 0 Å². The lowest BCUT2D eigenvalue weighted by molar-refractivity contribution is 0.210. The summed E-state index contributed by atoms with van der Waals surface area (Å²) < 4.78 is 0. The fraction of sp³-hybridized carbons (Fsp3) is 1.00. The Balaban J connectivity index is 3.42. The molecule has 0 rings (SSSR count). The van der Waals surface area contributed by atoms with Crippen LogP contribution in [0.1, 0.15) is 52.9 Å². The molecule has 0 heterocycles. The van der Waals surface area contributed by atoms with Crippen LogP contribution in [0, 0.1) is 0 Å². The lowest BCUT2D eigenvalue weighted by Gasteiger charge is -2.26. The van der Waals surface area contributed by atoms with E-state index in [4.69, 9.17) is 5.73 Å². The topological polar surface area (TPSA) is 29.3 Å². The summed E-state index contributed by atoms with van der Waals surface area (Å²) in [7, 11) is 0. The fourth-order valence-electron chi connectivity index (χ4n) is 1.76. The third-order valence-corrected chi connectivity index (χ3v) is 3.02. The predicted molar refractivity (Wildman–Crippen MR) is 64.5 cm³/mol. The van der Waals surface area contributed by atoms with Crippen molar-refractivity contribution >= 4 is 0 Å². The molecule has 0 saturated carbocycles. The minimum atomic E-state index is 0.745. The Morgan fingerprint density at radius 1 is 1.07 bits per heavy atom. The molecule has 1 unspecified atom stereocenters. The highest BCUT2D eigenvalue weighted by Crippen LogP contribution is 2.06. The summed E-state index contributed by atoms with van der Waals surface area (Å²) in [5.41, 5.74) is 5.46.